The molecule has 1 saturated heterocycles. The van der Waals surface area contributed by atoms with Crippen LogP contribution in [0.1, 0.15) is 21.9 Å². The molecule has 1 N–H and O–H groups in total. The van der Waals surface area contributed by atoms with E-state index >= 15 is 0 Å². The van der Waals surface area contributed by atoms with Gasteiger partial charge in [0.15, 0.2) is 12.2 Å². The molecule has 9 nitrogen and oxygen atoms in total. The number of aliphatic imine (C=N–C) groups is 1. The summed E-state index contributed by atoms with van der Waals surface area (Å²) in [4.78, 5) is 40.6. The molecule has 31 heavy (non-hydrogen) atoms. The average molecular weight is 444 g/mol. The minimum atomic E-state index is -0.717. The number of amidine groups is 1. The molecular formula is C21H25N5O4S. The number of aromatic nitrogens is 1. The van der Waals surface area contributed by atoms with Gasteiger partial charge in [0.05, 0.1) is 6.54 Å². The van der Waals surface area contributed by atoms with E-state index in [-0.39, 0.29) is 25.1 Å². The van der Waals surface area contributed by atoms with E-state index in [2.05, 4.69) is 9.98 Å². The van der Waals surface area contributed by atoms with E-state index in [0.29, 0.717) is 18.7 Å². The fraction of sp³-hybridized carbons (Fsp3) is 0.429. The third kappa shape index (κ3) is 4.13. The Hall–Kier alpha value is -2.98. The van der Waals surface area contributed by atoms with Crippen LogP contribution in [-0.2, 0) is 11.3 Å². The van der Waals surface area contributed by atoms with Gasteiger partial charge in [-0.25, -0.2) is 14.8 Å². The van der Waals surface area contributed by atoms with Crippen LogP contribution in [0.4, 0.5) is 4.79 Å². The summed E-state index contributed by atoms with van der Waals surface area (Å²) in [7, 11) is 1.63. The van der Waals surface area contributed by atoms with Crippen molar-refractivity contribution < 1.29 is 19.4 Å². The van der Waals surface area contributed by atoms with Gasteiger partial charge in [0.25, 0.3) is 11.9 Å². The number of aliphatic hydroxyl groups is 1. The third-order valence-corrected chi connectivity index (χ3v) is 6.17. The van der Waals surface area contributed by atoms with Crippen LogP contribution in [0.3, 0.4) is 0 Å². The molecule has 2 aromatic rings. The predicted molar refractivity (Wildman–Crippen MR) is 116 cm³/mol. The number of likely N-dealkylation sites (N-methyl/N-ethyl adjacent to an activating group) is 1. The normalized spacial score (nSPS) is 20.9. The molecule has 1 aromatic heterocycles. The number of aliphatic hydroxyl groups excluding tert-OH is 1. The van der Waals surface area contributed by atoms with Crippen LogP contribution in [0.5, 0.6) is 5.75 Å². The summed E-state index contributed by atoms with van der Waals surface area (Å²) in [5.74, 6) is 0.262. The molecule has 4 rings (SSSR count). The number of ether oxygens (including phenoxy) is 1. The number of carbonyl (C=O) groups is 2. The molecular weight excluding hydrogens is 418 g/mol. The molecule has 0 saturated carbocycles. The highest BCUT2D eigenvalue weighted by molar-refractivity contribution is 7.11. The first kappa shape index (κ1) is 21.3. The molecule has 3 amide bonds. The summed E-state index contributed by atoms with van der Waals surface area (Å²) in [5.41, 5.74) is 1.04. The van der Waals surface area contributed by atoms with Crippen LogP contribution in [0, 0.1) is 13.8 Å². The van der Waals surface area contributed by atoms with Crippen molar-refractivity contribution in [1.82, 2.24) is 19.7 Å². The Morgan fingerprint density at radius 1 is 1.26 bits per heavy atom. The zero-order valence-electron chi connectivity index (χ0n) is 17.7. The Bertz CT molecular complexity index is 1020. The SMILES string of the molecule is Cc1cccc(OC2=NC3C(C(=O)N(CCCO)C(=O)N3C)N2Cc2ncc(C)s2)c1. The summed E-state index contributed by atoms with van der Waals surface area (Å²) in [5, 5.41) is 10.0. The zero-order valence-corrected chi connectivity index (χ0v) is 18.5. The number of rotatable bonds is 6. The first-order chi connectivity index (χ1) is 14.9. The summed E-state index contributed by atoms with van der Waals surface area (Å²) in [6.07, 6.45) is 1.42. The maximum absolute atomic E-state index is 13.3. The molecule has 10 heteroatoms. The Labute approximate surface area is 184 Å². The van der Waals surface area contributed by atoms with Crippen LogP contribution in [0.25, 0.3) is 0 Å². The Morgan fingerprint density at radius 2 is 2.06 bits per heavy atom. The van der Waals surface area contributed by atoms with E-state index in [0.717, 1.165) is 15.4 Å². The van der Waals surface area contributed by atoms with Crippen molar-refractivity contribution in [3.05, 3.63) is 45.9 Å². The second-order valence-electron chi connectivity index (χ2n) is 7.64. The summed E-state index contributed by atoms with van der Waals surface area (Å²) >= 11 is 1.54. The van der Waals surface area contributed by atoms with Gasteiger partial charge >= 0.3 is 6.03 Å². The minimum Gasteiger partial charge on any atom is -0.426 e. The molecule has 2 unspecified atom stereocenters. The number of fused-ring (bicyclic) bond motifs is 1. The minimum absolute atomic E-state index is 0.102. The maximum Gasteiger partial charge on any atom is 0.328 e. The molecule has 2 atom stereocenters. The third-order valence-electron chi connectivity index (χ3n) is 5.27. The molecule has 0 spiro atoms. The van der Waals surface area contributed by atoms with Crippen LogP contribution in [0.2, 0.25) is 0 Å². The Balaban J connectivity index is 1.68. The number of hydrogen-bond acceptors (Lipinski definition) is 8. The number of urea groups is 1. The van der Waals surface area contributed by atoms with Gasteiger partial charge in [0.1, 0.15) is 10.8 Å². The van der Waals surface area contributed by atoms with Gasteiger partial charge < -0.3 is 19.6 Å². The van der Waals surface area contributed by atoms with E-state index < -0.39 is 18.2 Å². The highest BCUT2D eigenvalue weighted by Crippen LogP contribution is 2.31. The molecule has 0 radical (unpaired) electrons. The van der Waals surface area contributed by atoms with Crippen LogP contribution >= 0.6 is 11.3 Å². The fourth-order valence-corrected chi connectivity index (χ4v) is 4.53. The van der Waals surface area contributed by atoms with Gasteiger partial charge in [-0.3, -0.25) is 9.69 Å². The second-order valence-corrected chi connectivity index (χ2v) is 8.96. The van der Waals surface area contributed by atoms with Crippen molar-refractivity contribution in [1.29, 1.82) is 0 Å². The highest BCUT2D eigenvalue weighted by Gasteiger charge is 2.52. The number of thiazole rings is 1. The molecule has 0 bridgehead atoms. The number of amides is 3. The lowest BCUT2D eigenvalue weighted by Gasteiger charge is -2.40. The first-order valence-electron chi connectivity index (χ1n) is 10.1. The van der Waals surface area contributed by atoms with Crippen LogP contribution in [-0.4, -0.2) is 75.2 Å². The quantitative estimate of drug-likeness (QED) is 0.733. The van der Waals surface area contributed by atoms with Gasteiger partial charge in [-0.05, 0) is 38.0 Å². The summed E-state index contributed by atoms with van der Waals surface area (Å²) in [6, 6.07) is 6.71. The van der Waals surface area contributed by atoms with Crippen molar-refractivity contribution in [2.24, 2.45) is 4.99 Å². The molecule has 164 valence electrons. The molecule has 2 aliphatic rings. The zero-order chi connectivity index (χ0) is 22.1. The smallest absolute Gasteiger partial charge is 0.328 e. The Kier molecular flexibility index (Phi) is 5.92. The largest absolute Gasteiger partial charge is 0.426 e. The molecule has 0 aliphatic carbocycles. The fourth-order valence-electron chi connectivity index (χ4n) is 3.74. The average Bonchev–Trinajstić information content (AvgIpc) is 3.30. The second kappa shape index (κ2) is 8.64. The van der Waals surface area contributed by atoms with Gasteiger partial charge in [0, 0.05) is 31.3 Å². The number of carbonyl (C=O) groups excluding carboxylic acids is 2. The van der Waals surface area contributed by atoms with Gasteiger partial charge in [0.2, 0.25) is 0 Å². The topological polar surface area (TPSA) is 98.6 Å². The monoisotopic (exact) mass is 443 g/mol. The van der Waals surface area contributed by atoms with Crippen molar-refractivity contribution in [3.63, 3.8) is 0 Å². The van der Waals surface area contributed by atoms with Gasteiger partial charge in [-0.1, -0.05) is 12.1 Å². The first-order valence-corrected chi connectivity index (χ1v) is 10.9. The lowest BCUT2D eigenvalue weighted by molar-refractivity contribution is -0.137. The van der Waals surface area contributed by atoms with Crippen LogP contribution < -0.4 is 4.74 Å². The highest BCUT2D eigenvalue weighted by atomic mass is 32.1. The summed E-state index contributed by atoms with van der Waals surface area (Å²) < 4.78 is 6.09. The molecule has 3 heterocycles. The molecule has 2 aliphatic heterocycles. The van der Waals surface area contributed by atoms with Crippen molar-refractivity contribution >= 4 is 29.3 Å². The standard InChI is InChI=1S/C21H25N5O4S/c1-13-6-4-7-15(10-13)30-20-23-18-17(26(20)12-16-22-11-14(2)31-16)19(28)25(8-5-9-27)21(29)24(18)3/h4,6-7,10-11,17-18,27H,5,8-9,12H2,1-3H3. The van der Waals surface area contributed by atoms with Gasteiger partial charge in [-0.15, -0.1) is 11.3 Å². The lowest BCUT2D eigenvalue weighted by atomic mass is 10.1. The van der Waals surface area contributed by atoms with Crippen molar-refractivity contribution in [2.75, 3.05) is 20.2 Å². The van der Waals surface area contributed by atoms with Crippen molar-refractivity contribution in [2.45, 2.75) is 39.0 Å². The van der Waals surface area contributed by atoms with E-state index in [1.807, 2.05) is 38.1 Å². The van der Waals surface area contributed by atoms with Crippen molar-refractivity contribution in [3.8, 4) is 5.75 Å². The number of aryl methyl sites for hydroxylation is 2. The number of nitrogens with zero attached hydrogens (tertiary/aromatic N) is 5. The predicted octanol–water partition coefficient (Wildman–Crippen LogP) is 1.98. The van der Waals surface area contributed by atoms with E-state index in [1.165, 1.54) is 9.80 Å². The van der Waals surface area contributed by atoms with E-state index in [9.17, 15) is 14.7 Å². The maximum atomic E-state index is 13.3. The lowest BCUT2D eigenvalue weighted by Crippen LogP contribution is -2.65. The number of imide groups is 1. The van der Waals surface area contributed by atoms with Crippen LogP contribution in [0.15, 0.2) is 35.5 Å². The number of benzene rings is 1. The number of hydrogen-bond donors (Lipinski definition) is 1. The van der Waals surface area contributed by atoms with E-state index in [1.54, 1.807) is 29.5 Å². The Morgan fingerprint density at radius 3 is 2.74 bits per heavy atom. The van der Waals surface area contributed by atoms with E-state index in [4.69, 9.17) is 4.74 Å². The molecule has 1 aromatic carbocycles. The summed E-state index contributed by atoms with van der Waals surface area (Å²) in [6.45, 7) is 4.33. The molecule has 1 fully saturated rings. The van der Waals surface area contributed by atoms with Gasteiger partial charge in [-0.2, -0.15) is 0 Å².